The lowest BCUT2D eigenvalue weighted by molar-refractivity contribution is -0.176. The van der Waals surface area contributed by atoms with E-state index in [0.29, 0.717) is 5.69 Å². The molecule has 5 aromatic rings. The van der Waals surface area contributed by atoms with Crippen molar-refractivity contribution in [2.45, 2.75) is 0 Å². The topological polar surface area (TPSA) is 80.2 Å². The second-order valence-electron chi connectivity index (χ2n) is 9.34. The van der Waals surface area contributed by atoms with Crippen LogP contribution < -0.4 is 5.32 Å². The summed E-state index contributed by atoms with van der Waals surface area (Å²) in [5, 5.41) is 4.53. The number of benzene rings is 2. The molecule has 35 heavy (non-hydrogen) atoms. The third-order valence-corrected chi connectivity index (χ3v) is 7.63. The van der Waals surface area contributed by atoms with Gasteiger partial charge >= 0.3 is 0 Å². The van der Waals surface area contributed by atoms with Gasteiger partial charge in [-0.1, -0.05) is 12.1 Å². The Kier molecular flexibility index (Phi) is 4.58. The first-order valence-corrected chi connectivity index (χ1v) is 12.4. The first-order chi connectivity index (χ1) is 17.2. The third kappa shape index (κ3) is 3.53. The first-order valence-electron chi connectivity index (χ1n) is 11.5. The van der Waals surface area contributed by atoms with Crippen LogP contribution in [0.5, 0.6) is 0 Å². The number of thiazole rings is 1. The predicted octanol–water partition coefficient (Wildman–Crippen LogP) is 5.12. The highest BCUT2D eigenvalue weighted by Crippen LogP contribution is 2.38. The highest BCUT2D eigenvalue weighted by Gasteiger charge is 2.50. The number of hydrogen-bond donors (Lipinski definition) is 1. The Balaban J connectivity index is 1.15. The quantitative estimate of drug-likeness (QED) is 0.385. The van der Waals surface area contributed by atoms with Crippen LogP contribution in [0.1, 0.15) is 10.5 Å². The number of hydrogen-bond acceptors (Lipinski definition) is 7. The van der Waals surface area contributed by atoms with E-state index in [1.807, 2.05) is 46.9 Å². The van der Waals surface area contributed by atoms with Gasteiger partial charge in [0.2, 0.25) is 0 Å². The summed E-state index contributed by atoms with van der Waals surface area (Å²) in [6.45, 7) is 3.04. The molecule has 0 radical (unpaired) electrons. The van der Waals surface area contributed by atoms with Gasteiger partial charge in [0.15, 0.2) is 0 Å². The third-order valence-electron chi connectivity index (χ3n) is 6.82. The van der Waals surface area contributed by atoms with Crippen LogP contribution in [0, 0.1) is 5.41 Å². The minimum Gasteiger partial charge on any atom is -0.380 e. The number of pyridine rings is 2. The Morgan fingerprint density at radius 1 is 0.943 bits per heavy atom. The van der Waals surface area contributed by atoms with Crippen LogP contribution in [0.4, 0.5) is 11.4 Å². The van der Waals surface area contributed by atoms with E-state index in [4.69, 9.17) is 4.74 Å². The maximum absolute atomic E-state index is 12.8. The normalized spacial score (nSPS) is 16.3. The lowest BCUT2D eigenvalue weighted by Gasteiger charge is -2.54. The number of likely N-dealkylation sites (tertiary alicyclic amines) is 1. The second-order valence-corrected chi connectivity index (χ2v) is 10.2. The number of fused-ring (bicyclic) bond motifs is 2. The predicted molar refractivity (Wildman–Crippen MR) is 137 cm³/mol. The summed E-state index contributed by atoms with van der Waals surface area (Å²) in [6.07, 6.45) is 3.58. The fourth-order valence-corrected chi connectivity index (χ4v) is 5.52. The minimum atomic E-state index is -0.0136. The number of nitrogens with zero attached hydrogens (tertiary/aromatic N) is 4. The van der Waals surface area contributed by atoms with Gasteiger partial charge < -0.3 is 15.0 Å². The van der Waals surface area contributed by atoms with Crippen LogP contribution >= 0.6 is 11.3 Å². The molecule has 0 saturated carbocycles. The number of carbonyl (C=O) groups is 1. The fourth-order valence-electron chi connectivity index (χ4n) is 4.86. The number of anilines is 2. The number of aromatic nitrogens is 3. The molecule has 0 unspecified atom stereocenters. The Hall–Kier alpha value is -3.88. The Bertz CT molecular complexity index is 1580. The Labute approximate surface area is 205 Å². The highest BCUT2D eigenvalue weighted by molar-refractivity contribution is 7.16. The molecule has 1 spiro atoms. The van der Waals surface area contributed by atoms with E-state index < -0.39 is 0 Å². The van der Waals surface area contributed by atoms with Gasteiger partial charge in [-0.15, -0.1) is 11.3 Å². The fraction of sp³-hybridized carbons (Fsp3) is 0.185. The molecule has 2 saturated heterocycles. The lowest BCUT2D eigenvalue weighted by atomic mass is 9.78. The van der Waals surface area contributed by atoms with Gasteiger partial charge in [-0.2, -0.15) is 0 Å². The van der Waals surface area contributed by atoms with Crippen molar-refractivity contribution in [3.8, 4) is 11.1 Å². The Morgan fingerprint density at radius 2 is 1.83 bits per heavy atom. The molecule has 2 aromatic carbocycles. The Morgan fingerprint density at radius 3 is 2.63 bits per heavy atom. The van der Waals surface area contributed by atoms with Gasteiger partial charge in [0, 0.05) is 47.8 Å². The van der Waals surface area contributed by atoms with Crippen molar-refractivity contribution < 1.29 is 9.53 Å². The zero-order chi connectivity index (χ0) is 23.4. The van der Waals surface area contributed by atoms with Crippen molar-refractivity contribution in [2.24, 2.45) is 5.41 Å². The molecule has 172 valence electrons. The lowest BCUT2D eigenvalue weighted by Crippen LogP contribution is -2.67. The van der Waals surface area contributed by atoms with Crippen LogP contribution in [-0.4, -0.2) is 52.1 Å². The van der Waals surface area contributed by atoms with Crippen LogP contribution in [0.25, 0.3) is 32.2 Å². The summed E-state index contributed by atoms with van der Waals surface area (Å²) in [7, 11) is 0. The molecule has 2 aliphatic heterocycles. The summed E-state index contributed by atoms with van der Waals surface area (Å²) in [6, 6.07) is 18.1. The van der Waals surface area contributed by atoms with Gasteiger partial charge in [-0.25, -0.2) is 4.98 Å². The number of nitrogens with one attached hydrogen (secondary N) is 1. The molecule has 1 amide bonds. The van der Waals surface area contributed by atoms with Gasteiger partial charge in [0.1, 0.15) is 5.69 Å². The van der Waals surface area contributed by atoms with Crippen LogP contribution in [-0.2, 0) is 4.74 Å². The molecular weight excluding hydrogens is 458 g/mol. The molecule has 5 heterocycles. The van der Waals surface area contributed by atoms with Crippen LogP contribution in [0.3, 0.4) is 0 Å². The maximum Gasteiger partial charge on any atom is 0.272 e. The van der Waals surface area contributed by atoms with Crippen molar-refractivity contribution in [3.05, 3.63) is 78.2 Å². The first kappa shape index (κ1) is 20.5. The van der Waals surface area contributed by atoms with Crippen molar-refractivity contribution in [3.63, 3.8) is 0 Å². The molecule has 0 aliphatic carbocycles. The van der Waals surface area contributed by atoms with E-state index in [-0.39, 0.29) is 11.3 Å². The van der Waals surface area contributed by atoms with Crippen molar-refractivity contribution >= 4 is 49.7 Å². The van der Waals surface area contributed by atoms with Gasteiger partial charge in [0.05, 0.1) is 39.9 Å². The average Bonchev–Trinajstić information content (AvgIpc) is 3.30. The molecule has 8 heteroatoms. The van der Waals surface area contributed by atoms with E-state index in [0.717, 1.165) is 69.9 Å². The van der Waals surface area contributed by atoms with E-state index in [1.165, 1.54) is 0 Å². The average molecular weight is 480 g/mol. The minimum absolute atomic E-state index is 0.0136. The maximum atomic E-state index is 12.8. The summed E-state index contributed by atoms with van der Waals surface area (Å²) >= 11 is 1.63. The number of rotatable bonds is 4. The molecule has 0 bridgehead atoms. The molecular formula is C27H21N5O2S. The largest absolute Gasteiger partial charge is 0.380 e. The summed E-state index contributed by atoms with van der Waals surface area (Å²) in [5.74, 6) is -0.0136. The molecule has 2 aliphatic rings. The van der Waals surface area contributed by atoms with E-state index in [1.54, 1.807) is 17.5 Å². The molecule has 7 rings (SSSR count). The zero-order valence-corrected chi connectivity index (χ0v) is 19.6. The molecule has 2 fully saturated rings. The molecule has 1 N–H and O–H groups in total. The van der Waals surface area contributed by atoms with E-state index >= 15 is 0 Å². The number of carbonyl (C=O) groups excluding carboxylic acids is 1. The van der Waals surface area contributed by atoms with E-state index in [9.17, 15) is 4.79 Å². The molecule has 7 nitrogen and oxygen atoms in total. The van der Waals surface area contributed by atoms with Crippen molar-refractivity contribution in [1.82, 2.24) is 19.9 Å². The van der Waals surface area contributed by atoms with Gasteiger partial charge in [-0.05, 0) is 48.0 Å². The van der Waals surface area contributed by atoms with Crippen LogP contribution in [0.2, 0.25) is 0 Å². The molecule has 3 aromatic heterocycles. The number of ether oxygens (including phenoxy) is 1. The smallest absolute Gasteiger partial charge is 0.272 e. The summed E-state index contributed by atoms with van der Waals surface area (Å²) in [4.78, 5) is 28.0. The van der Waals surface area contributed by atoms with Crippen molar-refractivity contribution in [2.75, 3.05) is 31.6 Å². The molecule has 0 atom stereocenters. The van der Waals surface area contributed by atoms with Gasteiger partial charge in [0.25, 0.3) is 5.91 Å². The monoisotopic (exact) mass is 479 g/mol. The highest BCUT2D eigenvalue weighted by atomic mass is 32.1. The number of amides is 1. The van der Waals surface area contributed by atoms with E-state index in [2.05, 4.69) is 44.5 Å². The van der Waals surface area contributed by atoms with Gasteiger partial charge in [-0.3, -0.25) is 14.8 Å². The second kappa shape index (κ2) is 7.83. The zero-order valence-electron chi connectivity index (χ0n) is 18.8. The summed E-state index contributed by atoms with van der Waals surface area (Å²) < 4.78 is 6.46. The standard InChI is InChI=1S/C27H21N5O2S/c33-26(32-12-27(13-32)14-34-15-27)23-5-2-18(11-29-23)17-1-4-21-20(9-17)22(7-8-28-21)31-19-3-6-25-24(10-19)30-16-35-25/h1-11,16H,12-15H2,(H,28,31). The van der Waals surface area contributed by atoms with Crippen molar-refractivity contribution in [1.29, 1.82) is 0 Å². The SMILES string of the molecule is O=C(c1ccc(-c2ccc3nccc(Nc4ccc5scnc5c4)c3c2)cn1)N1CC2(COC2)C1. The summed E-state index contributed by atoms with van der Waals surface area (Å²) in [5.41, 5.74) is 8.34. The van der Waals surface area contributed by atoms with Crippen LogP contribution in [0.15, 0.2) is 72.5 Å².